The molecule has 3 rings (SSSR count). The van der Waals surface area contributed by atoms with Crippen LogP contribution in [0.2, 0.25) is 0 Å². The second-order valence-electron chi connectivity index (χ2n) is 7.70. The summed E-state index contributed by atoms with van der Waals surface area (Å²) in [4.78, 5) is 27.8. The number of hydrogen-bond acceptors (Lipinski definition) is 5. The summed E-state index contributed by atoms with van der Waals surface area (Å²) in [7, 11) is 4.90. The van der Waals surface area contributed by atoms with Gasteiger partial charge in [0.25, 0.3) is 0 Å². The second kappa shape index (κ2) is 11.2. The molecule has 7 nitrogen and oxygen atoms in total. The molecule has 3 aromatic rings. The number of anilines is 2. The Morgan fingerprint density at radius 1 is 0.909 bits per heavy atom. The summed E-state index contributed by atoms with van der Waals surface area (Å²) in [6.07, 6.45) is 0. The highest BCUT2D eigenvalue weighted by Gasteiger charge is 2.27. The summed E-state index contributed by atoms with van der Waals surface area (Å²) in [5, 5.41) is 5.82. The zero-order valence-electron chi connectivity index (χ0n) is 19.3. The number of carbonyl (C=O) groups excluding carboxylic acids is 2. The molecule has 0 spiro atoms. The summed E-state index contributed by atoms with van der Waals surface area (Å²) in [6, 6.07) is 21.3. The quantitative estimate of drug-likeness (QED) is 0.512. The number of nitrogens with zero attached hydrogens (tertiary/aromatic N) is 1. The van der Waals surface area contributed by atoms with Crippen molar-refractivity contribution in [3.63, 3.8) is 0 Å². The van der Waals surface area contributed by atoms with Crippen molar-refractivity contribution in [3.8, 4) is 11.5 Å². The molecule has 0 fully saturated rings. The van der Waals surface area contributed by atoms with E-state index in [0.29, 0.717) is 22.9 Å². The first-order valence-electron chi connectivity index (χ1n) is 10.6. The molecule has 0 aliphatic heterocycles. The first-order valence-corrected chi connectivity index (χ1v) is 10.6. The summed E-state index contributed by atoms with van der Waals surface area (Å²) in [5.74, 6) is 0.785. The maximum atomic E-state index is 13.4. The van der Waals surface area contributed by atoms with E-state index in [2.05, 4.69) is 10.6 Å². The van der Waals surface area contributed by atoms with Gasteiger partial charge in [-0.05, 0) is 61.5 Å². The highest BCUT2D eigenvalue weighted by molar-refractivity contribution is 5.98. The number of methoxy groups -OCH3 is 2. The lowest BCUT2D eigenvalue weighted by Gasteiger charge is -2.27. The monoisotopic (exact) mass is 447 g/mol. The standard InChI is InChI=1S/C26H29N3O4/c1-18-10-15-23(33-4)22(16-18)28-26(31)25(19-8-6-5-7-9-19)29(2)17-24(30)27-20-11-13-21(32-3)14-12-20/h5-16,25H,17H2,1-4H3,(H,27,30)(H,28,31). The lowest BCUT2D eigenvalue weighted by atomic mass is 10.0. The number of nitrogens with one attached hydrogen (secondary N) is 2. The van der Waals surface area contributed by atoms with E-state index in [1.54, 1.807) is 50.4 Å². The SMILES string of the molecule is COc1ccc(NC(=O)CN(C)C(C(=O)Nc2cc(C)ccc2OC)c2ccccc2)cc1. The fourth-order valence-corrected chi connectivity index (χ4v) is 3.55. The maximum Gasteiger partial charge on any atom is 0.246 e. The Morgan fingerprint density at radius 2 is 1.61 bits per heavy atom. The molecule has 0 aromatic heterocycles. The average Bonchev–Trinajstić information content (AvgIpc) is 2.80. The maximum absolute atomic E-state index is 13.4. The Balaban J connectivity index is 1.78. The van der Waals surface area contributed by atoms with Crippen LogP contribution in [0, 0.1) is 6.92 Å². The highest BCUT2D eigenvalue weighted by atomic mass is 16.5. The molecule has 0 heterocycles. The summed E-state index contributed by atoms with van der Waals surface area (Å²) < 4.78 is 10.5. The molecule has 0 aliphatic carbocycles. The number of likely N-dealkylation sites (N-methyl/N-ethyl adjacent to an activating group) is 1. The predicted octanol–water partition coefficient (Wildman–Crippen LogP) is 4.26. The molecule has 3 aromatic carbocycles. The van der Waals surface area contributed by atoms with Gasteiger partial charge in [0.2, 0.25) is 11.8 Å². The Morgan fingerprint density at radius 3 is 2.24 bits per heavy atom. The summed E-state index contributed by atoms with van der Waals surface area (Å²) >= 11 is 0. The van der Waals surface area contributed by atoms with E-state index in [1.165, 1.54) is 0 Å². The van der Waals surface area contributed by atoms with Crippen molar-refractivity contribution in [1.29, 1.82) is 0 Å². The minimum atomic E-state index is -0.682. The fourth-order valence-electron chi connectivity index (χ4n) is 3.55. The van der Waals surface area contributed by atoms with Crippen LogP contribution in [0.1, 0.15) is 17.2 Å². The molecule has 2 N–H and O–H groups in total. The van der Waals surface area contributed by atoms with Gasteiger partial charge in [0.05, 0.1) is 26.5 Å². The van der Waals surface area contributed by atoms with E-state index in [0.717, 1.165) is 11.1 Å². The van der Waals surface area contributed by atoms with Gasteiger partial charge < -0.3 is 20.1 Å². The Labute approximate surface area is 194 Å². The Bertz CT molecular complexity index is 1080. The van der Waals surface area contributed by atoms with Gasteiger partial charge >= 0.3 is 0 Å². The minimum Gasteiger partial charge on any atom is -0.497 e. The van der Waals surface area contributed by atoms with Crippen molar-refractivity contribution in [1.82, 2.24) is 4.90 Å². The molecule has 33 heavy (non-hydrogen) atoms. The zero-order valence-corrected chi connectivity index (χ0v) is 19.3. The predicted molar refractivity (Wildman–Crippen MR) is 130 cm³/mol. The van der Waals surface area contributed by atoms with Crippen molar-refractivity contribution in [3.05, 3.63) is 83.9 Å². The van der Waals surface area contributed by atoms with Crippen molar-refractivity contribution in [2.75, 3.05) is 38.4 Å². The van der Waals surface area contributed by atoms with Crippen LogP contribution in [0.5, 0.6) is 11.5 Å². The molecule has 0 saturated heterocycles. The van der Waals surface area contributed by atoms with Gasteiger partial charge in [-0.15, -0.1) is 0 Å². The van der Waals surface area contributed by atoms with Crippen LogP contribution >= 0.6 is 0 Å². The third-order valence-corrected chi connectivity index (χ3v) is 5.18. The van der Waals surface area contributed by atoms with E-state index >= 15 is 0 Å². The lowest BCUT2D eigenvalue weighted by molar-refractivity contribution is -0.123. The number of amides is 2. The highest BCUT2D eigenvalue weighted by Crippen LogP contribution is 2.28. The van der Waals surface area contributed by atoms with Crippen LogP contribution in [0.3, 0.4) is 0 Å². The molecule has 0 aliphatic rings. The number of benzene rings is 3. The molecule has 0 radical (unpaired) electrons. The van der Waals surface area contributed by atoms with Gasteiger partial charge in [-0.2, -0.15) is 0 Å². The molecule has 7 heteroatoms. The van der Waals surface area contributed by atoms with Crippen LogP contribution < -0.4 is 20.1 Å². The van der Waals surface area contributed by atoms with Gasteiger partial charge in [-0.3, -0.25) is 14.5 Å². The lowest BCUT2D eigenvalue weighted by Crippen LogP contribution is -2.39. The van der Waals surface area contributed by atoms with Crippen molar-refractivity contribution in [2.45, 2.75) is 13.0 Å². The second-order valence-corrected chi connectivity index (χ2v) is 7.70. The number of ether oxygens (including phenoxy) is 2. The largest absolute Gasteiger partial charge is 0.497 e. The average molecular weight is 448 g/mol. The number of aryl methyl sites for hydroxylation is 1. The molecule has 0 bridgehead atoms. The van der Waals surface area contributed by atoms with Crippen LogP contribution in [0.4, 0.5) is 11.4 Å². The first kappa shape index (κ1) is 23.8. The van der Waals surface area contributed by atoms with E-state index < -0.39 is 6.04 Å². The van der Waals surface area contributed by atoms with E-state index in [4.69, 9.17) is 9.47 Å². The Kier molecular flexibility index (Phi) is 8.05. The van der Waals surface area contributed by atoms with Crippen LogP contribution in [0.25, 0.3) is 0 Å². The molecular formula is C26H29N3O4. The van der Waals surface area contributed by atoms with Crippen LogP contribution in [0.15, 0.2) is 72.8 Å². The molecule has 1 unspecified atom stereocenters. The van der Waals surface area contributed by atoms with E-state index in [1.807, 2.05) is 55.5 Å². The molecule has 2 amide bonds. The summed E-state index contributed by atoms with van der Waals surface area (Å²) in [5.41, 5.74) is 3.01. The summed E-state index contributed by atoms with van der Waals surface area (Å²) in [6.45, 7) is 1.96. The normalized spacial score (nSPS) is 11.5. The first-order chi connectivity index (χ1) is 15.9. The topological polar surface area (TPSA) is 79.9 Å². The van der Waals surface area contributed by atoms with Crippen molar-refractivity contribution < 1.29 is 19.1 Å². The Hall–Kier alpha value is -3.84. The molecule has 172 valence electrons. The van der Waals surface area contributed by atoms with Gasteiger partial charge in [0, 0.05) is 5.69 Å². The van der Waals surface area contributed by atoms with Gasteiger partial charge in [-0.25, -0.2) is 0 Å². The van der Waals surface area contributed by atoms with Crippen LogP contribution in [-0.4, -0.2) is 44.5 Å². The number of carbonyl (C=O) groups is 2. The van der Waals surface area contributed by atoms with Gasteiger partial charge in [0.1, 0.15) is 17.5 Å². The smallest absolute Gasteiger partial charge is 0.246 e. The van der Waals surface area contributed by atoms with Crippen molar-refractivity contribution in [2.24, 2.45) is 0 Å². The third kappa shape index (κ3) is 6.33. The number of hydrogen-bond donors (Lipinski definition) is 2. The van der Waals surface area contributed by atoms with E-state index in [9.17, 15) is 9.59 Å². The van der Waals surface area contributed by atoms with Gasteiger partial charge in [0.15, 0.2) is 0 Å². The fraction of sp³-hybridized carbons (Fsp3) is 0.231. The van der Waals surface area contributed by atoms with Crippen LogP contribution in [-0.2, 0) is 9.59 Å². The zero-order chi connectivity index (χ0) is 23.8. The van der Waals surface area contributed by atoms with Crippen molar-refractivity contribution >= 4 is 23.2 Å². The molecule has 0 saturated carbocycles. The molecular weight excluding hydrogens is 418 g/mol. The molecule has 1 atom stereocenters. The minimum absolute atomic E-state index is 0.0178. The number of rotatable bonds is 9. The van der Waals surface area contributed by atoms with E-state index in [-0.39, 0.29) is 18.4 Å². The van der Waals surface area contributed by atoms with Gasteiger partial charge in [-0.1, -0.05) is 36.4 Å². The third-order valence-electron chi connectivity index (χ3n) is 5.18.